The van der Waals surface area contributed by atoms with Gasteiger partial charge >= 0.3 is 5.97 Å². The average Bonchev–Trinajstić information content (AvgIpc) is 3.20. The Morgan fingerprint density at radius 1 is 0.482 bits per heavy atom. The minimum absolute atomic E-state index is 0.0150. The van der Waals surface area contributed by atoms with E-state index in [4.69, 9.17) is 4.74 Å². The van der Waals surface area contributed by atoms with Crippen LogP contribution in [0.5, 0.6) is 0 Å². The largest absolute Gasteiger partial charge is 0.466 e. The first-order valence-corrected chi connectivity index (χ1v) is 24.6. The van der Waals surface area contributed by atoms with Gasteiger partial charge in [-0.25, -0.2) is 0 Å². The van der Waals surface area contributed by atoms with Gasteiger partial charge in [-0.2, -0.15) is 0 Å². The van der Waals surface area contributed by atoms with Crippen LogP contribution in [0.25, 0.3) is 0 Å². The van der Waals surface area contributed by atoms with Crippen LogP contribution < -0.4 is 5.32 Å². The monoisotopic (exact) mass is 790 g/mol. The zero-order valence-corrected chi connectivity index (χ0v) is 37.4. The zero-order chi connectivity index (χ0) is 40.8. The fourth-order valence-corrected chi connectivity index (χ4v) is 7.39. The van der Waals surface area contributed by atoms with Crippen molar-refractivity contribution in [2.24, 2.45) is 0 Å². The molecule has 1 amide bonds. The van der Waals surface area contributed by atoms with E-state index in [-0.39, 0.29) is 18.5 Å². The van der Waals surface area contributed by atoms with Crippen molar-refractivity contribution in [2.75, 3.05) is 13.2 Å². The molecule has 330 valence electrons. The van der Waals surface area contributed by atoms with Gasteiger partial charge in [-0.3, -0.25) is 9.59 Å². The molecule has 0 aliphatic rings. The Labute approximate surface area is 348 Å². The topological polar surface area (TPSA) is 95.9 Å². The van der Waals surface area contributed by atoms with Gasteiger partial charge in [-0.05, 0) is 57.8 Å². The van der Waals surface area contributed by atoms with Gasteiger partial charge in [-0.1, -0.05) is 212 Å². The molecule has 2 unspecified atom stereocenters. The van der Waals surface area contributed by atoms with E-state index < -0.39 is 12.1 Å². The van der Waals surface area contributed by atoms with Gasteiger partial charge in [0, 0.05) is 12.8 Å². The second-order valence-electron chi connectivity index (χ2n) is 16.8. The van der Waals surface area contributed by atoms with Crippen molar-refractivity contribution in [3.63, 3.8) is 0 Å². The summed E-state index contributed by atoms with van der Waals surface area (Å²) in [4.78, 5) is 24.4. The molecular formula is C50H95NO5. The Bertz CT molecular complexity index is 874. The van der Waals surface area contributed by atoms with Crippen molar-refractivity contribution < 1.29 is 24.5 Å². The summed E-state index contributed by atoms with van der Waals surface area (Å²) in [6, 6.07) is -0.635. The van der Waals surface area contributed by atoms with E-state index in [2.05, 4.69) is 31.3 Å². The van der Waals surface area contributed by atoms with Crippen LogP contribution in [-0.4, -0.2) is 47.4 Å². The van der Waals surface area contributed by atoms with Crippen LogP contribution in [0.15, 0.2) is 24.3 Å². The van der Waals surface area contributed by atoms with E-state index in [9.17, 15) is 19.8 Å². The predicted molar refractivity (Wildman–Crippen MR) is 241 cm³/mol. The number of hydrogen-bond donors (Lipinski definition) is 3. The number of allylic oxidation sites excluding steroid dienone is 3. The summed E-state index contributed by atoms with van der Waals surface area (Å²) >= 11 is 0. The summed E-state index contributed by atoms with van der Waals surface area (Å²) in [6.07, 6.45) is 53.1. The van der Waals surface area contributed by atoms with Crippen molar-refractivity contribution in [2.45, 2.75) is 270 Å². The number of hydrogen-bond acceptors (Lipinski definition) is 5. The lowest BCUT2D eigenvalue weighted by molar-refractivity contribution is -0.143. The molecule has 0 aliphatic heterocycles. The summed E-state index contributed by atoms with van der Waals surface area (Å²) < 4.78 is 5.46. The number of nitrogens with one attached hydrogen (secondary N) is 1. The van der Waals surface area contributed by atoms with Gasteiger partial charge in [0.05, 0.1) is 25.4 Å². The molecule has 0 rings (SSSR count). The van der Waals surface area contributed by atoms with Gasteiger partial charge in [0.15, 0.2) is 0 Å². The number of ether oxygens (including phenoxy) is 1. The first-order valence-electron chi connectivity index (χ1n) is 24.6. The third kappa shape index (κ3) is 42.0. The molecule has 6 nitrogen and oxygen atoms in total. The average molecular weight is 790 g/mol. The number of carbonyl (C=O) groups is 2. The molecule has 3 N–H and O–H groups in total. The molecule has 0 aromatic rings. The van der Waals surface area contributed by atoms with Crippen LogP contribution in [0.3, 0.4) is 0 Å². The van der Waals surface area contributed by atoms with Crippen molar-refractivity contribution in [1.82, 2.24) is 5.32 Å². The first kappa shape index (κ1) is 54.3. The number of esters is 1. The minimum Gasteiger partial charge on any atom is -0.466 e. The van der Waals surface area contributed by atoms with Crippen LogP contribution in [-0.2, 0) is 14.3 Å². The molecular weight excluding hydrogens is 695 g/mol. The van der Waals surface area contributed by atoms with Crippen molar-refractivity contribution in [1.29, 1.82) is 0 Å². The van der Waals surface area contributed by atoms with E-state index >= 15 is 0 Å². The maximum absolute atomic E-state index is 12.4. The molecule has 56 heavy (non-hydrogen) atoms. The van der Waals surface area contributed by atoms with Crippen molar-refractivity contribution in [3.05, 3.63) is 24.3 Å². The zero-order valence-electron chi connectivity index (χ0n) is 37.4. The molecule has 2 atom stereocenters. The summed E-state index contributed by atoms with van der Waals surface area (Å²) in [5, 5.41) is 22.9. The van der Waals surface area contributed by atoms with Gasteiger partial charge in [0.2, 0.25) is 5.91 Å². The highest BCUT2D eigenvalue weighted by Crippen LogP contribution is 2.15. The molecule has 0 bridgehead atoms. The van der Waals surface area contributed by atoms with Gasteiger partial charge in [-0.15, -0.1) is 0 Å². The molecule has 0 aromatic heterocycles. The van der Waals surface area contributed by atoms with E-state index in [0.29, 0.717) is 19.4 Å². The summed E-state index contributed by atoms with van der Waals surface area (Å²) in [5.41, 5.74) is 0. The van der Waals surface area contributed by atoms with Crippen LogP contribution in [0.2, 0.25) is 0 Å². The van der Waals surface area contributed by atoms with Crippen LogP contribution in [0.4, 0.5) is 0 Å². The van der Waals surface area contributed by atoms with E-state index in [1.165, 1.54) is 173 Å². The standard InChI is InChI=1S/C50H95NO5/c1-3-5-7-9-11-13-15-16-17-18-21-24-28-32-36-40-44-50(55)56-45-41-37-33-29-25-22-19-20-23-27-31-35-39-43-49(54)51-47(46-52)48(53)42-38-34-30-26-14-12-10-8-6-4-2/h17-18,38,42,47-48,52-53H,3-16,19-37,39-41,43-46H2,1-2H3,(H,51,54)/b18-17-,42-38+. The van der Waals surface area contributed by atoms with E-state index in [1.54, 1.807) is 6.08 Å². The third-order valence-corrected chi connectivity index (χ3v) is 11.2. The van der Waals surface area contributed by atoms with Crippen molar-refractivity contribution in [3.8, 4) is 0 Å². The predicted octanol–water partition coefficient (Wildman–Crippen LogP) is 14.3. The molecule has 0 radical (unpaired) electrons. The fourth-order valence-electron chi connectivity index (χ4n) is 7.39. The quantitative estimate of drug-likeness (QED) is 0.0324. The Morgan fingerprint density at radius 2 is 0.839 bits per heavy atom. The normalized spacial score (nSPS) is 12.9. The van der Waals surface area contributed by atoms with E-state index in [0.717, 1.165) is 57.8 Å². The second-order valence-corrected chi connectivity index (χ2v) is 16.8. The molecule has 6 heteroatoms. The van der Waals surface area contributed by atoms with Crippen LogP contribution in [0, 0.1) is 0 Å². The van der Waals surface area contributed by atoms with Gasteiger partial charge < -0.3 is 20.3 Å². The Kier molecular flexibility index (Phi) is 44.7. The van der Waals surface area contributed by atoms with Gasteiger partial charge in [0.1, 0.15) is 0 Å². The minimum atomic E-state index is -0.851. The molecule has 0 saturated carbocycles. The highest BCUT2D eigenvalue weighted by atomic mass is 16.5. The maximum Gasteiger partial charge on any atom is 0.305 e. The highest BCUT2D eigenvalue weighted by Gasteiger charge is 2.18. The summed E-state index contributed by atoms with van der Waals surface area (Å²) in [6.45, 7) is 4.84. The number of unbranched alkanes of at least 4 members (excludes halogenated alkanes) is 32. The number of amides is 1. The molecule has 0 saturated heterocycles. The number of rotatable bonds is 45. The van der Waals surface area contributed by atoms with Crippen molar-refractivity contribution >= 4 is 11.9 Å². The molecule has 0 fully saturated rings. The summed E-state index contributed by atoms with van der Waals surface area (Å²) in [5.74, 6) is -0.0985. The molecule has 0 aromatic carbocycles. The van der Waals surface area contributed by atoms with Crippen LogP contribution in [0.1, 0.15) is 258 Å². The maximum atomic E-state index is 12.4. The number of aliphatic hydroxyl groups excluding tert-OH is 2. The SMILES string of the molecule is CCCCCCCCC/C=C\CCCCCCCC(=O)OCCCCCCCCCCCCCCCC(=O)NC(CO)C(O)/C=C/CCCCCCCCCC. The lowest BCUT2D eigenvalue weighted by Crippen LogP contribution is -2.45. The highest BCUT2D eigenvalue weighted by molar-refractivity contribution is 5.76. The molecule has 0 aliphatic carbocycles. The molecule has 0 spiro atoms. The lowest BCUT2D eigenvalue weighted by atomic mass is 10.0. The summed E-state index contributed by atoms with van der Waals surface area (Å²) in [7, 11) is 0. The first-order chi connectivity index (χ1) is 27.5. The Balaban J connectivity index is 3.46. The molecule has 0 heterocycles. The van der Waals surface area contributed by atoms with E-state index in [1.807, 2.05) is 6.08 Å². The Hall–Kier alpha value is -1.66. The fraction of sp³-hybridized carbons (Fsp3) is 0.880. The second kappa shape index (κ2) is 46.0. The third-order valence-electron chi connectivity index (χ3n) is 11.2. The smallest absolute Gasteiger partial charge is 0.305 e. The lowest BCUT2D eigenvalue weighted by Gasteiger charge is -2.20. The van der Waals surface area contributed by atoms with Gasteiger partial charge in [0.25, 0.3) is 0 Å². The number of carbonyl (C=O) groups excluding carboxylic acids is 2. The van der Waals surface area contributed by atoms with Crippen LogP contribution >= 0.6 is 0 Å². The number of aliphatic hydroxyl groups is 2. The Morgan fingerprint density at radius 3 is 1.27 bits per heavy atom.